The molecule has 132 valence electrons. The van der Waals surface area contributed by atoms with E-state index in [-0.39, 0.29) is 11.3 Å². The van der Waals surface area contributed by atoms with E-state index in [0.29, 0.717) is 36.8 Å². The molecule has 2 aliphatic rings. The van der Waals surface area contributed by atoms with E-state index < -0.39 is 11.2 Å². The maximum absolute atomic E-state index is 13.1. The number of aromatic amines is 1. The normalized spacial score (nSPS) is 17.9. The number of carbonyl (C=O) groups excluding carboxylic acids is 1. The first kappa shape index (κ1) is 16.4. The molecule has 25 heavy (non-hydrogen) atoms. The number of thioether (sulfide) groups is 1. The molecule has 7 nitrogen and oxygen atoms in total. The Hall–Kier alpha value is -2.09. The molecular weight excluding hydrogens is 340 g/mol. The minimum Gasteiger partial charge on any atom is -0.337 e. The molecule has 1 saturated heterocycles. The molecule has 4 rings (SSSR count). The van der Waals surface area contributed by atoms with Crippen LogP contribution in [0.4, 0.5) is 0 Å². The van der Waals surface area contributed by atoms with Gasteiger partial charge in [-0.15, -0.1) is 0 Å². The summed E-state index contributed by atoms with van der Waals surface area (Å²) in [5.41, 5.74) is 0.509. The van der Waals surface area contributed by atoms with Gasteiger partial charge < -0.3 is 4.90 Å². The zero-order valence-electron chi connectivity index (χ0n) is 14.1. The smallest absolute Gasteiger partial charge is 0.329 e. The number of aromatic nitrogens is 3. The van der Waals surface area contributed by atoms with Crippen LogP contribution in [0.2, 0.25) is 0 Å². The molecule has 1 aliphatic heterocycles. The second kappa shape index (κ2) is 6.33. The van der Waals surface area contributed by atoms with Gasteiger partial charge in [-0.2, -0.15) is 11.8 Å². The second-order valence-corrected chi connectivity index (χ2v) is 7.70. The summed E-state index contributed by atoms with van der Waals surface area (Å²) >= 11 is 1.82. The summed E-state index contributed by atoms with van der Waals surface area (Å²) in [6.45, 7) is 3.57. The summed E-state index contributed by atoms with van der Waals surface area (Å²) in [6, 6.07) is 1.77. The van der Waals surface area contributed by atoms with Crippen molar-refractivity contribution in [1.82, 2.24) is 19.4 Å². The number of hydrogen-bond donors (Lipinski definition) is 1. The van der Waals surface area contributed by atoms with Gasteiger partial charge in [-0.1, -0.05) is 0 Å². The predicted octanol–water partition coefficient (Wildman–Crippen LogP) is 1.17. The maximum atomic E-state index is 13.1. The number of hydrogen-bond acceptors (Lipinski definition) is 5. The standard InChI is InChI=1S/C17H20N4O3S/c1-2-21-14-13(15(22)19-17(21)24)11(9-12(18-14)10-3-4-10)16(23)20-5-7-25-8-6-20/h9-10H,2-8H2,1H3,(H,19,22,24). The van der Waals surface area contributed by atoms with Gasteiger partial charge in [0.1, 0.15) is 0 Å². The predicted molar refractivity (Wildman–Crippen MR) is 97.5 cm³/mol. The van der Waals surface area contributed by atoms with Crippen molar-refractivity contribution in [2.24, 2.45) is 0 Å². The van der Waals surface area contributed by atoms with E-state index in [4.69, 9.17) is 0 Å². The van der Waals surface area contributed by atoms with E-state index in [0.717, 1.165) is 30.0 Å². The average molecular weight is 360 g/mol. The highest BCUT2D eigenvalue weighted by Gasteiger charge is 2.30. The van der Waals surface area contributed by atoms with Crippen LogP contribution in [0.5, 0.6) is 0 Å². The van der Waals surface area contributed by atoms with Gasteiger partial charge in [-0.05, 0) is 25.8 Å². The quantitative estimate of drug-likeness (QED) is 0.888. The van der Waals surface area contributed by atoms with E-state index in [9.17, 15) is 14.4 Å². The highest BCUT2D eigenvalue weighted by atomic mass is 32.2. The highest BCUT2D eigenvalue weighted by molar-refractivity contribution is 7.99. The monoisotopic (exact) mass is 360 g/mol. The number of amides is 1. The molecule has 0 aromatic carbocycles. The second-order valence-electron chi connectivity index (χ2n) is 6.48. The fraction of sp³-hybridized carbons (Fsp3) is 0.529. The Balaban J connectivity index is 1.96. The molecule has 0 bridgehead atoms. The molecule has 1 amide bonds. The highest BCUT2D eigenvalue weighted by Crippen LogP contribution is 2.40. The Labute approximate surface area is 148 Å². The van der Waals surface area contributed by atoms with Crippen LogP contribution in [0.15, 0.2) is 15.7 Å². The topological polar surface area (TPSA) is 88.1 Å². The fourth-order valence-electron chi connectivity index (χ4n) is 3.28. The molecule has 1 saturated carbocycles. The van der Waals surface area contributed by atoms with Gasteiger partial charge in [0.15, 0.2) is 5.65 Å². The lowest BCUT2D eigenvalue weighted by Crippen LogP contribution is -2.39. The van der Waals surface area contributed by atoms with Crippen LogP contribution in [-0.4, -0.2) is 49.9 Å². The van der Waals surface area contributed by atoms with Gasteiger partial charge in [0.25, 0.3) is 11.5 Å². The molecule has 0 atom stereocenters. The molecule has 0 spiro atoms. The zero-order chi connectivity index (χ0) is 17.6. The molecule has 2 aromatic rings. The molecule has 2 aromatic heterocycles. The van der Waals surface area contributed by atoms with Gasteiger partial charge in [0.05, 0.1) is 10.9 Å². The van der Waals surface area contributed by atoms with Gasteiger partial charge in [-0.25, -0.2) is 9.78 Å². The van der Waals surface area contributed by atoms with Crippen molar-refractivity contribution in [3.05, 3.63) is 38.2 Å². The van der Waals surface area contributed by atoms with Gasteiger partial charge >= 0.3 is 5.69 Å². The van der Waals surface area contributed by atoms with E-state index in [1.807, 2.05) is 18.7 Å². The summed E-state index contributed by atoms with van der Waals surface area (Å²) in [5.74, 6) is 1.99. The summed E-state index contributed by atoms with van der Waals surface area (Å²) < 4.78 is 1.44. The van der Waals surface area contributed by atoms with Crippen LogP contribution in [0.1, 0.15) is 41.7 Å². The number of carbonyl (C=O) groups is 1. The minimum absolute atomic E-state index is 0.138. The van der Waals surface area contributed by atoms with E-state index >= 15 is 0 Å². The van der Waals surface area contributed by atoms with Crippen LogP contribution in [0.25, 0.3) is 11.0 Å². The number of nitrogens with one attached hydrogen (secondary N) is 1. The molecular formula is C17H20N4O3S. The van der Waals surface area contributed by atoms with E-state index in [2.05, 4.69) is 9.97 Å². The Bertz CT molecular complexity index is 955. The van der Waals surface area contributed by atoms with Gasteiger partial charge in [0.2, 0.25) is 0 Å². The van der Waals surface area contributed by atoms with Crippen molar-refractivity contribution in [1.29, 1.82) is 0 Å². The lowest BCUT2D eigenvalue weighted by molar-refractivity contribution is 0.0774. The van der Waals surface area contributed by atoms with Crippen molar-refractivity contribution in [3.63, 3.8) is 0 Å². The van der Waals surface area contributed by atoms with Crippen molar-refractivity contribution in [3.8, 4) is 0 Å². The first-order valence-electron chi connectivity index (χ1n) is 8.65. The van der Waals surface area contributed by atoms with Crippen LogP contribution < -0.4 is 11.2 Å². The van der Waals surface area contributed by atoms with Crippen molar-refractivity contribution in [2.45, 2.75) is 32.2 Å². The first-order valence-corrected chi connectivity index (χ1v) is 9.80. The maximum Gasteiger partial charge on any atom is 0.329 e. The third-order valence-corrected chi connectivity index (χ3v) is 5.75. The van der Waals surface area contributed by atoms with E-state index in [1.54, 1.807) is 11.0 Å². The van der Waals surface area contributed by atoms with Crippen LogP contribution in [0, 0.1) is 0 Å². The number of nitrogens with zero attached hydrogens (tertiary/aromatic N) is 3. The van der Waals surface area contributed by atoms with Gasteiger partial charge in [-0.3, -0.25) is 19.1 Å². The molecule has 8 heteroatoms. The Kier molecular flexibility index (Phi) is 4.15. The fourth-order valence-corrected chi connectivity index (χ4v) is 4.18. The van der Waals surface area contributed by atoms with Crippen molar-refractivity contribution < 1.29 is 4.79 Å². The average Bonchev–Trinajstić information content (AvgIpc) is 3.46. The Morgan fingerprint density at radius 1 is 1.32 bits per heavy atom. The molecule has 1 N–H and O–H groups in total. The Morgan fingerprint density at radius 3 is 2.68 bits per heavy atom. The summed E-state index contributed by atoms with van der Waals surface area (Å²) in [4.78, 5) is 46.4. The third-order valence-electron chi connectivity index (χ3n) is 4.81. The first-order chi connectivity index (χ1) is 12.1. The zero-order valence-corrected chi connectivity index (χ0v) is 14.9. The number of aryl methyl sites for hydroxylation is 1. The summed E-state index contributed by atoms with van der Waals surface area (Å²) in [6.07, 6.45) is 2.07. The SMILES string of the molecule is CCn1c(=O)[nH]c(=O)c2c(C(=O)N3CCSCC3)cc(C3CC3)nc21. The van der Waals surface area contributed by atoms with E-state index in [1.165, 1.54) is 4.57 Å². The number of fused-ring (bicyclic) bond motifs is 1. The third kappa shape index (κ3) is 2.88. The Morgan fingerprint density at radius 2 is 2.04 bits per heavy atom. The van der Waals surface area contributed by atoms with Crippen LogP contribution in [-0.2, 0) is 6.54 Å². The lowest BCUT2D eigenvalue weighted by atomic mass is 10.1. The van der Waals surface area contributed by atoms with Crippen molar-refractivity contribution >= 4 is 28.7 Å². The van der Waals surface area contributed by atoms with Crippen LogP contribution >= 0.6 is 11.8 Å². The minimum atomic E-state index is -0.533. The largest absolute Gasteiger partial charge is 0.337 e. The molecule has 1 aliphatic carbocycles. The molecule has 2 fully saturated rings. The lowest BCUT2D eigenvalue weighted by Gasteiger charge is -2.27. The number of pyridine rings is 1. The molecule has 3 heterocycles. The number of H-pyrrole nitrogens is 1. The van der Waals surface area contributed by atoms with Gasteiger partial charge in [0, 0.05) is 42.8 Å². The summed E-state index contributed by atoms with van der Waals surface area (Å²) in [7, 11) is 0. The summed E-state index contributed by atoms with van der Waals surface area (Å²) in [5, 5.41) is 0.231. The molecule has 0 unspecified atom stereocenters. The van der Waals surface area contributed by atoms with Crippen LogP contribution in [0.3, 0.4) is 0 Å². The van der Waals surface area contributed by atoms with Crippen molar-refractivity contribution in [2.75, 3.05) is 24.6 Å². The molecule has 0 radical (unpaired) electrons. The number of rotatable bonds is 3.